The Hall–Kier alpha value is -2.69. The number of rotatable bonds is 10. The molecule has 1 aliphatic heterocycles. The van der Waals surface area contributed by atoms with Gasteiger partial charge in [0, 0.05) is 6.54 Å². The molecule has 0 aromatic heterocycles. The molecule has 1 spiro atoms. The summed E-state index contributed by atoms with van der Waals surface area (Å²) in [4.78, 5) is 67.2. The van der Waals surface area contributed by atoms with Crippen LogP contribution in [0.3, 0.4) is 0 Å². The van der Waals surface area contributed by atoms with Crippen molar-refractivity contribution in [3.05, 3.63) is 0 Å². The normalized spacial score (nSPS) is 29.0. The Morgan fingerprint density at radius 1 is 0.976 bits per heavy atom. The van der Waals surface area contributed by atoms with E-state index < -0.39 is 52.7 Å². The van der Waals surface area contributed by atoms with E-state index in [-0.39, 0.29) is 35.7 Å². The fourth-order valence-electron chi connectivity index (χ4n) is 7.84. The number of carbonyl (C=O) groups excluding carboxylic acids is 5. The average molecular weight is 574 g/mol. The summed E-state index contributed by atoms with van der Waals surface area (Å²) in [7, 11) is 0. The molecule has 1 heterocycles. The first kappa shape index (κ1) is 29.8. The molecule has 5 rings (SSSR count). The molecule has 0 bridgehead atoms. The SMILES string of the molecule is CC(C)(C)[C@H](NC(=O)NC1(CO)CCCCC1)C(=O)N1C[C@H]2[C@@H]([C@H]1C(=O)NC(CC1CCC1)C(=O)C(N)=O)C21CC1. The largest absolute Gasteiger partial charge is 0.394 e. The monoisotopic (exact) mass is 573 g/mol. The van der Waals surface area contributed by atoms with Gasteiger partial charge >= 0.3 is 6.03 Å². The molecule has 4 aliphatic carbocycles. The molecule has 5 atom stereocenters. The van der Waals surface area contributed by atoms with Gasteiger partial charge in [-0.1, -0.05) is 59.3 Å². The van der Waals surface area contributed by atoms with E-state index >= 15 is 0 Å². The van der Waals surface area contributed by atoms with Crippen LogP contribution in [-0.4, -0.2) is 76.4 Å². The lowest BCUT2D eigenvalue weighted by Crippen LogP contribution is -2.63. The van der Waals surface area contributed by atoms with Gasteiger partial charge in [-0.3, -0.25) is 19.2 Å². The smallest absolute Gasteiger partial charge is 0.315 e. The molecule has 5 fully saturated rings. The number of nitrogens with two attached hydrogens (primary N) is 1. The van der Waals surface area contributed by atoms with E-state index in [4.69, 9.17) is 5.73 Å². The standard InChI is InChI=1S/C30H47N5O6/c1-28(2,3)23(33-27(41)34-29(16-36)10-5-4-6-11-29)26(40)35-15-18-20(30(18)12-13-30)21(35)25(39)32-19(22(37)24(31)38)14-17-8-7-9-17/h17-21,23,36H,4-16H2,1-3H3,(H2,31,38)(H,32,39)(H2,33,34,41)/t18-,19?,20-,21-,23+/m0/s1. The van der Waals surface area contributed by atoms with E-state index in [2.05, 4.69) is 16.0 Å². The first-order chi connectivity index (χ1) is 19.3. The maximum absolute atomic E-state index is 14.2. The summed E-state index contributed by atoms with van der Waals surface area (Å²) in [6.07, 6.45) is 9.59. The number of amides is 5. The lowest BCUT2D eigenvalue weighted by molar-refractivity contribution is -0.145. The molecule has 41 heavy (non-hydrogen) atoms. The molecular formula is C30H47N5O6. The van der Waals surface area contributed by atoms with Crippen molar-refractivity contribution in [1.82, 2.24) is 20.9 Å². The van der Waals surface area contributed by atoms with Crippen molar-refractivity contribution in [1.29, 1.82) is 0 Å². The third kappa shape index (κ3) is 5.70. The second-order valence-corrected chi connectivity index (χ2v) is 14.5. The number of urea groups is 1. The molecule has 11 nitrogen and oxygen atoms in total. The highest BCUT2D eigenvalue weighted by molar-refractivity contribution is 6.37. The zero-order chi connectivity index (χ0) is 29.7. The van der Waals surface area contributed by atoms with Gasteiger partial charge in [-0.05, 0) is 60.7 Å². The Balaban J connectivity index is 1.32. The van der Waals surface area contributed by atoms with Crippen molar-refractivity contribution >= 4 is 29.5 Å². The number of Topliss-reactive ketones (excluding diaryl/α,β-unsaturated/α-hetero) is 1. The van der Waals surface area contributed by atoms with Crippen molar-refractivity contribution < 1.29 is 29.1 Å². The van der Waals surface area contributed by atoms with Gasteiger partial charge in [0.15, 0.2) is 0 Å². The van der Waals surface area contributed by atoms with Gasteiger partial charge in [-0.25, -0.2) is 4.79 Å². The fourth-order valence-corrected chi connectivity index (χ4v) is 7.84. The Bertz CT molecular complexity index is 1090. The minimum absolute atomic E-state index is 0.00817. The fraction of sp³-hybridized carbons (Fsp3) is 0.833. The van der Waals surface area contributed by atoms with E-state index in [0.29, 0.717) is 25.8 Å². The second kappa shape index (κ2) is 10.9. The molecular weight excluding hydrogens is 526 g/mol. The van der Waals surface area contributed by atoms with Crippen LogP contribution in [0.15, 0.2) is 0 Å². The first-order valence-electron chi connectivity index (χ1n) is 15.5. The molecule has 228 valence electrons. The van der Waals surface area contributed by atoms with Gasteiger partial charge in [-0.15, -0.1) is 0 Å². The molecule has 11 heteroatoms. The molecule has 6 N–H and O–H groups in total. The molecule has 4 saturated carbocycles. The highest BCUT2D eigenvalue weighted by Gasteiger charge is 2.79. The molecule has 0 radical (unpaired) electrons. The molecule has 1 saturated heterocycles. The zero-order valence-corrected chi connectivity index (χ0v) is 24.7. The van der Waals surface area contributed by atoms with Gasteiger partial charge < -0.3 is 31.7 Å². The summed E-state index contributed by atoms with van der Waals surface area (Å²) in [6, 6.07) is -3.19. The summed E-state index contributed by atoms with van der Waals surface area (Å²) >= 11 is 0. The second-order valence-electron chi connectivity index (χ2n) is 14.5. The van der Waals surface area contributed by atoms with E-state index in [1.54, 1.807) is 4.90 Å². The molecule has 1 unspecified atom stereocenters. The minimum Gasteiger partial charge on any atom is -0.394 e. The van der Waals surface area contributed by atoms with Crippen LogP contribution in [0, 0.1) is 28.6 Å². The predicted molar refractivity (Wildman–Crippen MR) is 150 cm³/mol. The number of hydrogen-bond donors (Lipinski definition) is 5. The van der Waals surface area contributed by atoms with Crippen molar-refractivity contribution in [2.24, 2.45) is 34.3 Å². The van der Waals surface area contributed by atoms with Gasteiger partial charge in [-0.2, -0.15) is 0 Å². The number of primary amides is 1. The van der Waals surface area contributed by atoms with Crippen molar-refractivity contribution in [3.8, 4) is 0 Å². The van der Waals surface area contributed by atoms with E-state index in [1.807, 2.05) is 20.8 Å². The quantitative estimate of drug-likeness (QED) is 0.247. The number of ketones is 1. The van der Waals surface area contributed by atoms with Crippen LogP contribution in [0.4, 0.5) is 4.79 Å². The summed E-state index contributed by atoms with van der Waals surface area (Å²) in [5, 5.41) is 18.7. The highest BCUT2D eigenvalue weighted by atomic mass is 16.3. The van der Waals surface area contributed by atoms with Gasteiger partial charge in [0.2, 0.25) is 17.6 Å². The van der Waals surface area contributed by atoms with Crippen LogP contribution in [0.25, 0.3) is 0 Å². The number of nitrogens with one attached hydrogen (secondary N) is 3. The van der Waals surface area contributed by atoms with Crippen LogP contribution >= 0.6 is 0 Å². The number of carbonyl (C=O) groups is 5. The summed E-state index contributed by atoms with van der Waals surface area (Å²) < 4.78 is 0. The first-order valence-corrected chi connectivity index (χ1v) is 15.5. The van der Waals surface area contributed by atoms with Crippen LogP contribution in [0.5, 0.6) is 0 Å². The number of fused-ring (bicyclic) bond motifs is 3. The Morgan fingerprint density at radius 2 is 1.63 bits per heavy atom. The Morgan fingerprint density at radius 3 is 2.15 bits per heavy atom. The summed E-state index contributed by atoms with van der Waals surface area (Å²) in [5.74, 6) is -2.16. The van der Waals surface area contributed by atoms with Gasteiger partial charge in [0.25, 0.3) is 5.91 Å². The van der Waals surface area contributed by atoms with Crippen molar-refractivity contribution in [2.75, 3.05) is 13.2 Å². The van der Waals surface area contributed by atoms with E-state index in [9.17, 15) is 29.1 Å². The zero-order valence-electron chi connectivity index (χ0n) is 24.7. The van der Waals surface area contributed by atoms with Crippen molar-refractivity contribution in [3.63, 3.8) is 0 Å². The molecule has 0 aromatic carbocycles. The van der Waals surface area contributed by atoms with Crippen LogP contribution in [-0.2, 0) is 19.2 Å². The third-order valence-corrected chi connectivity index (χ3v) is 10.7. The number of aliphatic hydroxyl groups excluding tert-OH is 1. The summed E-state index contributed by atoms with van der Waals surface area (Å²) in [5.41, 5.74) is 4.05. The van der Waals surface area contributed by atoms with Gasteiger partial charge in [0.05, 0.1) is 18.2 Å². The Labute approximate surface area is 242 Å². The number of aliphatic hydroxyl groups is 1. The highest BCUT2D eigenvalue weighted by Crippen LogP contribution is 2.78. The van der Waals surface area contributed by atoms with Crippen molar-refractivity contribution in [2.45, 2.75) is 115 Å². The van der Waals surface area contributed by atoms with Crippen LogP contribution < -0.4 is 21.7 Å². The Kier molecular flexibility index (Phi) is 7.89. The number of likely N-dealkylation sites (tertiary alicyclic amines) is 1. The lowest BCUT2D eigenvalue weighted by atomic mass is 9.80. The topological polar surface area (TPSA) is 171 Å². The lowest BCUT2D eigenvalue weighted by Gasteiger charge is -2.40. The number of piperidine rings is 1. The average Bonchev–Trinajstić information content (AvgIpc) is 3.75. The van der Waals surface area contributed by atoms with E-state index in [1.165, 1.54) is 0 Å². The van der Waals surface area contributed by atoms with E-state index in [0.717, 1.165) is 51.4 Å². The van der Waals surface area contributed by atoms with Gasteiger partial charge in [0.1, 0.15) is 12.1 Å². The van der Waals surface area contributed by atoms with Crippen LogP contribution in [0.1, 0.15) is 91.4 Å². The van der Waals surface area contributed by atoms with Crippen LogP contribution in [0.2, 0.25) is 0 Å². The predicted octanol–water partition coefficient (Wildman–Crippen LogP) is 1.36. The molecule has 0 aromatic rings. The number of nitrogens with zero attached hydrogens (tertiary/aromatic N) is 1. The molecule has 5 amide bonds. The number of hydrogen-bond acceptors (Lipinski definition) is 6. The third-order valence-electron chi connectivity index (χ3n) is 10.7. The molecule has 5 aliphatic rings. The maximum atomic E-state index is 14.2. The summed E-state index contributed by atoms with van der Waals surface area (Å²) in [6.45, 7) is 5.86. The maximum Gasteiger partial charge on any atom is 0.315 e. The minimum atomic E-state index is -1.07.